The lowest BCUT2D eigenvalue weighted by atomic mass is 9.85. The minimum atomic E-state index is -1.14. The van der Waals surface area contributed by atoms with Gasteiger partial charge in [-0.1, -0.05) is 51.1 Å². The number of pyridine rings is 1. The smallest absolute Gasteiger partial charge is 0.251 e. The summed E-state index contributed by atoms with van der Waals surface area (Å²) in [5, 5.41) is 7.76. The van der Waals surface area contributed by atoms with Crippen LogP contribution >= 0.6 is 0 Å². The number of rotatable bonds is 9. The molecule has 9 heteroatoms. The van der Waals surface area contributed by atoms with Gasteiger partial charge in [-0.3, -0.25) is 34.3 Å². The molecule has 1 aromatic heterocycles. The van der Waals surface area contributed by atoms with Crippen molar-refractivity contribution in [3.05, 3.63) is 66.0 Å². The first kappa shape index (κ1) is 24.8. The Morgan fingerprint density at radius 1 is 0.971 bits per heavy atom. The summed E-state index contributed by atoms with van der Waals surface area (Å²) in [6, 6.07) is 10.6. The van der Waals surface area contributed by atoms with Crippen molar-refractivity contribution in [3.63, 3.8) is 0 Å². The van der Waals surface area contributed by atoms with E-state index in [2.05, 4.69) is 20.9 Å². The first-order valence-electron chi connectivity index (χ1n) is 11.1. The van der Waals surface area contributed by atoms with Gasteiger partial charge in [-0.25, -0.2) is 0 Å². The van der Waals surface area contributed by atoms with Crippen molar-refractivity contribution in [2.75, 3.05) is 0 Å². The molecular weight excluding hydrogens is 436 g/mol. The first-order chi connectivity index (χ1) is 16.2. The minimum Gasteiger partial charge on any atom is -0.346 e. The molecule has 1 aliphatic heterocycles. The van der Waals surface area contributed by atoms with Crippen LogP contribution in [0, 0.1) is 17.8 Å². The van der Waals surface area contributed by atoms with E-state index in [4.69, 9.17) is 0 Å². The number of carbonyl (C=O) groups is 5. The Hall–Kier alpha value is -3.88. The van der Waals surface area contributed by atoms with Crippen molar-refractivity contribution in [1.29, 1.82) is 0 Å². The highest BCUT2D eigenvalue weighted by Crippen LogP contribution is 2.24. The lowest BCUT2D eigenvalue weighted by Gasteiger charge is -2.26. The van der Waals surface area contributed by atoms with Gasteiger partial charge in [-0.2, -0.15) is 0 Å². The number of nitrogens with one attached hydrogen (secondary N) is 3. The highest BCUT2D eigenvalue weighted by Gasteiger charge is 2.46. The monoisotopic (exact) mass is 464 g/mol. The fourth-order valence-electron chi connectivity index (χ4n) is 3.93. The lowest BCUT2D eigenvalue weighted by molar-refractivity contribution is -0.137. The van der Waals surface area contributed by atoms with Gasteiger partial charge in [0.15, 0.2) is 5.78 Å². The van der Waals surface area contributed by atoms with Gasteiger partial charge in [-0.15, -0.1) is 0 Å². The summed E-state index contributed by atoms with van der Waals surface area (Å²) in [5.74, 6) is -4.73. The maximum absolute atomic E-state index is 13.1. The molecule has 2 heterocycles. The average molecular weight is 465 g/mol. The van der Waals surface area contributed by atoms with E-state index in [0.717, 1.165) is 5.56 Å². The molecule has 178 valence electrons. The second-order valence-electron chi connectivity index (χ2n) is 8.69. The standard InChI is InChI=1S/C25H28N4O5/c1-14(2)21(22(31)20-15(3)23(32)29-25(20)34)28-19(30)13-18(16-7-5-4-6-8-16)27-24(33)17-9-11-26-12-10-17/h4-12,14-15,18,20-21H,13H2,1-3H3,(H,27,33)(H,28,30)(H,29,32,34)/t15-,18+,20-,21-/m1/s1. The van der Waals surface area contributed by atoms with Gasteiger partial charge in [0.2, 0.25) is 17.7 Å². The van der Waals surface area contributed by atoms with Crippen LogP contribution in [0.5, 0.6) is 0 Å². The maximum Gasteiger partial charge on any atom is 0.251 e. The van der Waals surface area contributed by atoms with Gasteiger partial charge in [0, 0.05) is 18.0 Å². The summed E-state index contributed by atoms with van der Waals surface area (Å²) in [6.45, 7) is 5.02. The third-order valence-corrected chi connectivity index (χ3v) is 5.88. The molecule has 4 amide bonds. The van der Waals surface area contributed by atoms with Gasteiger partial charge in [0.05, 0.1) is 24.4 Å². The van der Waals surface area contributed by atoms with Crippen molar-refractivity contribution >= 4 is 29.4 Å². The van der Waals surface area contributed by atoms with Crippen LogP contribution in [-0.2, 0) is 19.2 Å². The fourth-order valence-corrected chi connectivity index (χ4v) is 3.93. The van der Waals surface area contributed by atoms with Gasteiger partial charge >= 0.3 is 0 Å². The third-order valence-electron chi connectivity index (χ3n) is 5.88. The van der Waals surface area contributed by atoms with Crippen LogP contribution in [0.3, 0.4) is 0 Å². The summed E-state index contributed by atoms with van der Waals surface area (Å²) in [7, 11) is 0. The van der Waals surface area contributed by atoms with Crippen molar-refractivity contribution in [1.82, 2.24) is 20.9 Å². The average Bonchev–Trinajstić information content (AvgIpc) is 3.08. The van der Waals surface area contributed by atoms with Gasteiger partial charge < -0.3 is 10.6 Å². The predicted octanol–water partition coefficient (Wildman–Crippen LogP) is 1.56. The van der Waals surface area contributed by atoms with E-state index in [1.54, 1.807) is 50.2 Å². The Morgan fingerprint density at radius 2 is 1.62 bits per heavy atom. The molecule has 0 radical (unpaired) electrons. The van der Waals surface area contributed by atoms with Crippen LogP contribution in [0.2, 0.25) is 0 Å². The molecule has 0 unspecified atom stereocenters. The molecule has 1 fully saturated rings. The quantitative estimate of drug-likeness (QED) is 0.381. The number of carbonyl (C=O) groups excluding carboxylic acids is 5. The molecule has 3 rings (SSSR count). The van der Waals surface area contributed by atoms with E-state index in [9.17, 15) is 24.0 Å². The highest BCUT2D eigenvalue weighted by molar-refractivity contribution is 6.16. The number of Topliss-reactive ketones (excluding diaryl/α,β-unsaturated/α-hetero) is 1. The zero-order chi connectivity index (χ0) is 24.8. The molecule has 3 N–H and O–H groups in total. The van der Waals surface area contributed by atoms with E-state index < -0.39 is 47.4 Å². The summed E-state index contributed by atoms with van der Waals surface area (Å²) >= 11 is 0. The van der Waals surface area contributed by atoms with Crippen LogP contribution in [0.1, 0.15) is 49.2 Å². The van der Waals surface area contributed by atoms with E-state index in [1.165, 1.54) is 19.3 Å². The number of aromatic nitrogens is 1. The summed E-state index contributed by atoms with van der Waals surface area (Å²) in [6.07, 6.45) is 2.88. The largest absolute Gasteiger partial charge is 0.346 e. The molecule has 0 bridgehead atoms. The zero-order valence-electron chi connectivity index (χ0n) is 19.3. The third kappa shape index (κ3) is 5.72. The Bertz CT molecular complexity index is 1070. The highest BCUT2D eigenvalue weighted by atomic mass is 16.2. The number of ketones is 1. The topological polar surface area (TPSA) is 134 Å². The normalized spacial score (nSPS) is 19.3. The molecule has 0 spiro atoms. The predicted molar refractivity (Wildman–Crippen MR) is 123 cm³/mol. The summed E-state index contributed by atoms with van der Waals surface area (Å²) in [4.78, 5) is 66.7. The van der Waals surface area contributed by atoms with Crippen molar-refractivity contribution in [3.8, 4) is 0 Å². The van der Waals surface area contributed by atoms with Gasteiger partial charge in [-0.05, 0) is 23.6 Å². The van der Waals surface area contributed by atoms with Crippen LogP contribution in [-0.4, -0.2) is 40.4 Å². The number of amides is 4. The van der Waals surface area contributed by atoms with Crippen molar-refractivity contribution < 1.29 is 24.0 Å². The van der Waals surface area contributed by atoms with Crippen molar-refractivity contribution in [2.45, 2.75) is 39.3 Å². The number of hydrogen-bond donors (Lipinski definition) is 3. The Kier molecular flexibility index (Phi) is 7.88. The molecule has 0 aliphatic carbocycles. The molecule has 1 aliphatic rings. The second kappa shape index (κ2) is 10.8. The second-order valence-corrected chi connectivity index (χ2v) is 8.69. The number of imide groups is 1. The molecule has 2 aromatic rings. The van der Waals surface area contributed by atoms with E-state index in [-0.39, 0.29) is 18.2 Å². The van der Waals surface area contributed by atoms with E-state index in [0.29, 0.717) is 5.56 Å². The molecule has 34 heavy (non-hydrogen) atoms. The molecular formula is C25H28N4O5. The summed E-state index contributed by atoms with van der Waals surface area (Å²) < 4.78 is 0. The van der Waals surface area contributed by atoms with Gasteiger partial charge in [0.1, 0.15) is 5.92 Å². The Labute approximate surface area is 197 Å². The zero-order valence-corrected chi connectivity index (χ0v) is 19.3. The Balaban J connectivity index is 1.75. The summed E-state index contributed by atoms with van der Waals surface area (Å²) in [5.41, 5.74) is 1.12. The maximum atomic E-state index is 13.1. The van der Waals surface area contributed by atoms with E-state index >= 15 is 0 Å². The van der Waals surface area contributed by atoms with Crippen LogP contribution in [0.4, 0.5) is 0 Å². The Morgan fingerprint density at radius 3 is 2.18 bits per heavy atom. The molecule has 4 atom stereocenters. The number of nitrogens with zero attached hydrogens (tertiary/aromatic N) is 1. The number of benzene rings is 1. The van der Waals surface area contributed by atoms with Crippen LogP contribution in [0.15, 0.2) is 54.9 Å². The first-order valence-corrected chi connectivity index (χ1v) is 11.1. The molecule has 1 saturated heterocycles. The van der Waals surface area contributed by atoms with Crippen molar-refractivity contribution in [2.24, 2.45) is 17.8 Å². The van der Waals surface area contributed by atoms with Crippen LogP contribution < -0.4 is 16.0 Å². The molecule has 9 nitrogen and oxygen atoms in total. The fraction of sp³-hybridized carbons (Fsp3) is 0.360. The van der Waals surface area contributed by atoms with Gasteiger partial charge in [0.25, 0.3) is 5.91 Å². The SMILES string of the molecule is CC(C)[C@@H](NC(=O)C[C@H](NC(=O)c1ccncc1)c1ccccc1)C(=O)[C@@H]1C(=O)NC(=O)[C@@H]1C. The van der Waals surface area contributed by atoms with E-state index in [1.807, 2.05) is 6.07 Å². The minimum absolute atomic E-state index is 0.122. The lowest BCUT2D eigenvalue weighted by Crippen LogP contribution is -2.49. The molecule has 0 saturated carbocycles. The van der Waals surface area contributed by atoms with Crippen LogP contribution in [0.25, 0.3) is 0 Å². The molecule has 1 aromatic carbocycles. The number of hydrogen-bond acceptors (Lipinski definition) is 6.